The highest BCUT2D eigenvalue weighted by atomic mass is 32.2. The largest absolute Gasteiger partial charge is 0.381 e. The monoisotopic (exact) mass is 265 g/mol. The first-order chi connectivity index (χ1) is 8.81. The predicted octanol–water partition coefficient (Wildman–Crippen LogP) is 2.85. The van der Waals surface area contributed by atoms with Crippen LogP contribution in [0.3, 0.4) is 0 Å². The average Bonchev–Trinajstić information content (AvgIpc) is 2.90. The van der Waals surface area contributed by atoms with Gasteiger partial charge in [0.2, 0.25) is 0 Å². The van der Waals surface area contributed by atoms with Crippen molar-refractivity contribution in [2.75, 3.05) is 26.0 Å². The lowest BCUT2D eigenvalue weighted by atomic mass is 10.0. The lowest BCUT2D eigenvalue weighted by molar-refractivity contribution is 0.180. The van der Waals surface area contributed by atoms with Gasteiger partial charge in [0, 0.05) is 30.1 Å². The molecule has 1 heterocycles. The Labute approximate surface area is 114 Å². The van der Waals surface area contributed by atoms with Gasteiger partial charge in [0.05, 0.1) is 6.61 Å². The molecular weight excluding hydrogens is 242 g/mol. The first-order valence-corrected chi connectivity index (χ1v) is 7.84. The minimum Gasteiger partial charge on any atom is -0.381 e. The second-order valence-corrected chi connectivity index (χ2v) is 5.99. The Hall–Kier alpha value is -0.510. The summed E-state index contributed by atoms with van der Waals surface area (Å²) in [4.78, 5) is 0. The van der Waals surface area contributed by atoms with E-state index in [4.69, 9.17) is 4.74 Å². The van der Waals surface area contributed by atoms with Gasteiger partial charge in [-0.15, -0.1) is 0 Å². The number of thioether (sulfide) groups is 1. The summed E-state index contributed by atoms with van der Waals surface area (Å²) < 4.78 is 5.47. The molecule has 2 unspecified atom stereocenters. The number of nitrogens with one attached hydrogen (secondary N) is 1. The SMILES string of the molecule is CNC(CSCc1ccccc1C)C1CCOC1. The van der Waals surface area contributed by atoms with Crippen LogP contribution in [-0.4, -0.2) is 32.1 Å². The molecule has 2 nitrogen and oxygen atoms in total. The average molecular weight is 265 g/mol. The summed E-state index contributed by atoms with van der Waals surface area (Å²) in [7, 11) is 2.07. The molecule has 0 aliphatic carbocycles. The van der Waals surface area contributed by atoms with Crippen LogP contribution in [0, 0.1) is 12.8 Å². The van der Waals surface area contributed by atoms with Crippen molar-refractivity contribution in [1.82, 2.24) is 5.32 Å². The molecule has 18 heavy (non-hydrogen) atoms. The second-order valence-electron chi connectivity index (χ2n) is 4.96. The number of aryl methyl sites for hydroxylation is 1. The molecule has 100 valence electrons. The van der Waals surface area contributed by atoms with E-state index in [9.17, 15) is 0 Å². The van der Waals surface area contributed by atoms with Crippen LogP contribution in [0.5, 0.6) is 0 Å². The van der Waals surface area contributed by atoms with Gasteiger partial charge in [-0.05, 0) is 31.5 Å². The van der Waals surface area contributed by atoms with Gasteiger partial charge in [-0.1, -0.05) is 24.3 Å². The van der Waals surface area contributed by atoms with Gasteiger partial charge < -0.3 is 10.1 Å². The van der Waals surface area contributed by atoms with Crippen LogP contribution in [0.25, 0.3) is 0 Å². The Balaban J connectivity index is 1.78. The molecule has 0 bridgehead atoms. The van der Waals surface area contributed by atoms with Crippen molar-refractivity contribution < 1.29 is 4.74 Å². The summed E-state index contributed by atoms with van der Waals surface area (Å²) in [6.07, 6.45) is 1.20. The van der Waals surface area contributed by atoms with Crippen molar-refractivity contribution in [3.63, 3.8) is 0 Å². The lowest BCUT2D eigenvalue weighted by Gasteiger charge is -2.21. The molecule has 2 rings (SSSR count). The predicted molar refractivity (Wildman–Crippen MR) is 79.1 cm³/mol. The van der Waals surface area contributed by atoms with Gasteiger partial charge in [0.1, 0.15) is 0 Å². The second kappa shape index (κ2) is 7.17. The molecule has 0 spiro atoms. The van der Waals surface area contributed by atoms with Crippen LogP contribution >= 0.6 is 11.8 Å². The third-order valence-corrected chi connectivity index (χ3v) is 4.83. The fourth-order valence-electron chi connectivity index (χ4n) is 2.39. The Morgan fingerprint density at radius 1 is 1.44 bits per heavy atom. The molecule has 0 saturated carbocycles. The minimum atomic E-state index is 0.585. The third kappa shape index (κ3) is 3.74. The summed E-state index contributed by atoms with van der Waals surface area (Å²) in [5.41, 5.74) is 2.86. The van der Waals surface area contributed by atoms with Crippen molar-refractivity contribution >= 4 is 11.8 Å². The van der Waals surface area contributed by atoms with E-state index >= 15 is 0 Å². The van der Waals surface area contributed by atoms with Crippen molar-refractivity contribution in [2.24, 2.45) is 5.92 Å². The molecule has 0 amide bonds. The van der Waals surface area contributed by atoms with Crippen LogP contribution in [0.15, 0.2) is 24.3 Å². The van der Waals surface area contributed by atoms with Crippen molar-refractivity contribution in [1.29, 1.82) is 0 Å². The topological polar surface area (TPSA) is 21.3 Å². The zero-order valence-electron chi connectivity index (χ0n) is 11.3. The molecule has 1 aromatic rings. The van der Waals surface area contributed by atoms with E-state index in [0.29, 0.717) is 12.0 Å². The van der Waals surface area contributed by atoms with E-state index in [1.165, 1.54) is 23.3 Å². The van der Waals surface area contributed by atoms with E-state index in [1.807, 2.05) is 11.8 Å². The summed E-state index contributed by atoms with van der Waals surface area (Å²) in [6.45, 7) is 4.05. The number of rotatable bonds is 6. The fourth-order valence-corrected chi connectivity index (χ4v) is 3.75. The quantitative estimate of drug-likeness (QED) is 0.854. The van der Waals surface area contributed by atoms with Crippen LogP contribution in [0.2, 0.25) is 0 Å². The minimum absolute atomic E-state index is 0.585. The normalized spacial score (nSPS) is 21.1. The molecule has 1 saturated heterocycles. The van der Waals surface area contributed by atoms with E-state index in [2.05, 4.69) is 43.6 Å². The van der Waals surface area contributed by atoms with Crippen LogP contribution < -0.4 is 5.32 Å². The van der Waals surface area contributed by atoms with Gasteiger partial charge in [-0.2, -0.15) is 11.8 Å². The first kappa shape index (κ1) is 13.9. The molecule has 2 atom stereocenters. The number of ether oxygens (including phenoxy) is 1. The Morgan fingerprint density at radius 2 is 2.28 bits per heavy atom. The summed E-state index contributed by atoms with van der Waals surface area (Å²) in [6, 6.07) is 9.24. The summed E-state index contributed by atoms with van der Waals surface area (Å²) >= 11 is 2.02. The molecule has 0 radical (unpaired) electrons. The van der Waals surface area contributed by atoms with E-state index in [1.54, 1.807) is 0 Å². The number of hydrogen-bond donors (Lipinski definition) is 1. The molecule has 0 aromatic heterocycles. The highest BCUT2D eigenvalue weighted by molar-refractivity contribution is 7.98. The standard InChI is InChI=1S/C15H23NOS/c1-12-5-3-4-6-14(12)10-18-11-15(16-2)13-7-8-17-9-13/h3-6,13,15-16H,7-11H2,1-2H3. The molecule has 1 aliphatic rings. The van der Waals surface area contributed by atoms with Crippen LogP contribution in [0.4, 0.5) is 0 Å². The Bertz CT molecular complexity index is 363. The van der Waals surface area contributed by atoms with Crippen LogP contribution in [0.1, 0.15) is 17.5 Å². The van der Waals surface area contributed by atoms with E-state index in [0.717, 1.165) is 19.0 Å². The molecule has 1 aliphatic heterocycles. The maximum Gasteiger partial charge on any atom is 0.0510 e. The molecule has 1 fully saturated rings. The molecule has 3 heteroatoms. The van der Waals surface area contributed by atoms with Crippen LogP contribution in [-0.2, 0) is 10.5 Å². The van der Waals surface area contributed by atoms with Gasteiger partial charge in [-0.3, -0.25) is 0 Å². The number of benzene rings is 1. The zero-order valence-corrected chi connectivity index (χ0v) is 12.1. The van der Waals surface area contributed by atoms with Crippen molar-refractivity contribution in [3.05, 3.63) is 35.4 Å². The van der Waals surface area contributed by atoms with Crippen molar-refractivity contribution in [3.8, 4) is 0 Å². The van der Waals surface area contributed by atoms with Gasteiger partial charge in [-0.25, -0.2) is 0 Å². The number of hydrogen-bond acceptors (Lipinski definition) is 3. The zero-order chi connectivity index (χ0) is 12.8. The Morgan fingerprint density at radius 3 is 2.94 bits per heavy atom. The van der Waals surface area contributed by atoms with Gasteiger partial charge in [0.15, 0.2) is 0 Å². The maximum absolute atomic E-state index is 5.47. The highest BCUT2D eigenvalue weighted by Crippen LogP contribution is 2.22. The lowest BCUT2D eigenvalue weighted by Crippen LogP contribution is -2.36. The smallest absolute Gasteiger partial charge is 0.0510 e. The Kier molecular flexibility index (Phi) is 5.54. The first-order valence-electron chi connectivity index (χ1n) is 6.68. The molecular formula is C15H23NOS. The van der Waals surface area contributed by atoms with Gasteiger partial charge in [0.25, 0.3) is 0 Å². The molecule has 1 aromatic carbocycles. The van der Waals surface area contributed by atoms with Gasteiger partial charge >= 0.3 is 0 Å². The third-order valence-electron chi connectivity index (χ3n) is 3.72. The van der Waals surface area contributed by atoms with Crippen molar-refractivity contribution in [2.45, 2.75) is 25.1 Å². The molecule has 1 N–H and O–H groups in total. The van der Waals surface area contributed by atoms with E-state index in [-0.39, 0.29) is 0 Å². The highest BCUT2D eigenvalue weighted by Gasteiger charge is 2.24. The fraction of sp³-hybridized carbons (Fsp3) is 0.600. The summed E-state index contributed by atoms with van der Waals surface area (Å²) in [5, 5.41) is 3.44. The van der Waals surface area contributed by atoms with E-state index < -0.39 is 0 Å². The summed E-state index contributed by atoms with van der Waals surface area (Å²) in [5.74, 6) is 2.97. The maximum atomic E-state index is 5.47.